The third-order valence-electron chi connectivity index (χ3n) is 9.47. The quantitative estimate of drug-likeness (QED) is 0.0674. The van der Waals surface area contributed by atoms with Gasteiger partial charge in [0.15, 0.2) is 6.29 Å². The molecule has 0 aromatic carbocycles. The van der Waals surface area contributed by atoms with Gasteiger partial charge in [0.1, 0.15) is 17.8 Å². The average molecular weight is 619 g/mol. The summed E-state index contributed by atoms with van der Waals surface area (Å²) in [5, 5.41) is 0. The van der Waals surface area contributed by atoms with Crippen LogP contribution in [0.25, 0.3) is 0 Å². The molecule has 0 bridgehead atoms. The molecule has 252 valence electrons. The van der Waals surface area contributed by atoms with Gasteiger partial charge in [-0.1, -0.05) is 79.2 Å². The molecule has 0 amide bonds. The summed E-state index contributed by atoms with van der Waals surface area (Å²) in [6, 6.07) is 0. The Morgan fingerprint density at radius 2 is 1.84 bits per heavy atom. The third-order valence-corrected chi connectivity index (χ3v) is 9.47. The summed E-state index contributed by atoms with van der Waals surface area (Å²) in [5.74, 6) is 0.529. The van der Waals surface area contributed by atoms with Gasteiger partial charge in [-0.3, -0.25) is 9.59 Å². The van der Waals surface area contributed by atoms with Crippen LogP contribution < -0.4 is 0 Å². The van der Waals surface area contributed by atoms with Gasteiger partial charge in [0.2, 0.25) is 0 Å². The monoisotopic (exact) mass is 618 g/mol. The lowest BCUT2D eigenvalue weighted by atomic mass is 9.83. The molecule has 0 aliphatic carbocycles. The Hall–Kier alpha value is -1.96. The van der Waals surface area contributed by atoms with E-state index >= 15 is 0 Å². The van der Waals surface area contributed by atoms with Crippen LogP contribution in [-0.4, -0.2) is 54.9 Å². The van der Waals surface area contributed by atoms with Crippen molar-refractivity contribution in [2.24, 2.45) is 29.1 Å². The van der Waals surface area contributed by atoms with Crippen molar-refractivity contribution >= 4 is 11.9 Å². The highest BCUT2D eigenvalue weighted by Gasteiger charge is 2.46. The highest BCUT2D eigenvalue weighted by atomic mass is 16.7. The van der Waals surface area contributed by atoms with Crippen LogP contribution in [0.1, 0.15) is 115 Å². The van der Waals surface area contributed by atoms with E-state index in [0.717, 1.165) is 12.0 Å². The summed E-state index contributed by atoms with van der Waals surface area (Å²) >= 11 is 0. The number of cyclic esters (lactones) is 1. The van der Waals surface area contributed by atoms with Crippen LogP contribution in [-0.2, 0) is 33.3 Å². The molecular formula is C37H62O7. The van der Waals surface area contributed by atoms with Crippen molar-refractivity contribution in [3.8, 4) is 0 Å². The maximum Gasteiger partial charge on any atom is 0.306 e. The summed E-state index contributed by atoms with van der Waals surface area (Å²) in [5.41, 5.74) is 0.0842. The molecule has 7 nitrogen and oxygen atoms in total. The number of ether oxygens (including phenoxy) is 5. The van der Waals surface area contributed by atoms with E-state index in [4.69, 9.17) is 23.7 Å². The number of rotatable bonds is 13. The Morgan fingerprint density at radius 3 is 2.45 bits per heavy atom. The van der Waals surface area contributed by atoms with Crippen LogP contribution in [0.2, 0.25) is 0 Å². The zero-order valence-corrected chi connectivity index (χ0v) is 29.7. The second-order valence-corrected chi connectivity index (χ2v) is 14.3. The van der Waals surface area contributed by atoms with Crippen LogP contribution in [0.5, 0.6) is 0 Å². The first kappa shape index (κ1) is 38.2. The van der Waals surface area contributed by atoms with Gasteiger partial charge in [-0.2, -0.15) is 0 Å². The van der Waals surface area contributed by atoms with Crippen LogP contribution in [0, 0.1) is 29.1 Å². The summed E-state index contributed by atoms with van der Waals surface area (Å²) in [7, 11) is 0. The number of hydrogen-bond donors (Lipinski definition) is 0. The fourth-order valence-electron chi connectivity index (χ4n) is 6.18. The van der Waals surface area contributed by atoms with Crippen molar-refractivity contribution in [3.63, 3.8) is 0 Å². The van der Waals surface area contributed by atoms with Crippen molar-refractivity contribution in [3.05, 3.63) is 36.0 Å². The fourth-order valence-corrected chi connectivity index (χ4v) is 6.18. The van der Waals surface area contributed by atoms with Crippen LogP contribution in [0.4, 0.5) is 0 Å². The Bertz CT molecular complexity index is 1010. The molecule has 10 atom stereocenters. The Morgan fingerprint density at radius 1 is 1.16 bits per heavy atom. The van der Waals surface area contributed by atoms with Crippen molar-refractivity contribution in [2.45, 2.75) is 151 Å². The molecule has 2 rings (SSSR count). The lowest BCUT2D eigenvalue weighted by molar-refractivity contribution is -0.226. The van der Waals surface area contributed by atoms with Crippen molar-refractivity contribution in [2.75, 3.05) is 6.61 Å². The Labute approximate surface area is 268 Å². The molecule has 1 unspecified atom stereocenters. The van der Waals surface area contributed by atoms with Crippen molar-refractivity contribution < 1.29 is 33.3 Å². The van der Waals surface area contributed by atoms with E-state index in [0.29, 0.717) is 49.9 Å². The molecule has 0 radical (unpaired) electrons. The third kappa shape index (κ3) is 12.1. The maximum absolute atomic E-state index is 13.1. The second-order valence-electron chi connectivity index (χ2n) is 14.3. The molecule has 0 saturated carbocycles. The summed E-state index contributed by atoms with van der Waals surface area (Å²) in [6.45, 7) is 25.0. The van der Waals surface area contributed by atoms with E-state index in [9.17, 15) is 9.59 Å². The number of carbonyl (C=O) groups is 2. The van der Waals surface area contributed by atoms with Gasteiger partial charge in [-0.15, -0.1) is 0 Å². The second kappa shape index (κ2) is 17.1. The number of hydrogen-bond acceptors (Lipinski definition) is 7. The van der Waals surface area contributed by atoms with E-state index in [1.807, 2.05) is 59.8 Å². The molecule has 44 heavy (non-hydrogen) atoms. The fraction of sp³-hybridized carbons (Fsp3) is 0.784. The van der Waals surface area contributed by atoms with Crippen LogP contribution in [0.3, 0.4) is 0 Å². The van der Waals surface area contributed by atoms with Crippen molar-refractivity contribution in [1.82, 2.24) is 0 Å². The molecule has 0 spiro atoms. The van der Waals surface area contributed by atoms with E-state index in [1.165, 1.54) is 13.3 Å². The predicted octanol–water partition coefficient (Wildman–Crippen LogP) is 8.37. The van der Waals surface area contributed by atoms with Gasteiger partial charge in [0.05, 0.1) is 12.2 Å². The number of allylic oxidation sites excluding steroid dienone is 3. The molecule has 0 N–H and O–H groups in total. The minimum absolute atomic E-state index is 0.0319. The standard InChI is InChI=1S/C37H62O7/c1-13-25(4)28(7)35-31(42-35)23-36(10,11)20-15-16-26(5)34-27(6)17-18-32(41-29(8)38)37(12,44-30(9)40-14-2)21-19-24(3)22-33(39)43-34/h15-18,20,24-25,27-28,30-32,34-35H,13-14,19,21-23H2,1-12H3/b18-17+,20-15+,26-16+/t24-,25+,27+,28-,30?,31-,32+,34-,35-,37-/m1/s1. The molecule has 1 fully saturated rings. The molecule has 7 heteroatoms. The average Bonchev–Trinajstić information content (AvgIpc) is 3.68. The molecule has 0 aromatic rings. The first-order chi connectivity index (χ1) is 20.5. The van der Waals surface area contributed by atoms with Crippen LogP contribution >= 0.6 is 0 Å². The highest BCUT2D eigenvalue weighted by Crippen LogP contribution is 2.41. The van der Waals surface area contributed by atoms with Gasteiger partial charge in [-0.05, 0) is 81.8 Å². The van der Waals surface area contributed by atoms with Gasteiger partial charge in [-0.25, -0.2) is 0 Å². The zero-order chi connectivity index (χ0) is 33.2. The topological polar surface area (TPSA) is 83.6 Å². The number of carbonyl (C=O) groups excluding carboxylic acids is 2. The SMILES string of the molecule is CCOC(C)O[C@]1(C)CC[C@@H](C)CC(=O)O[C@H](/C(C)=C/C=C/C(C)(C)C[C@H]2O[C@@H]2[C@H](C)[C@@H](C)CC)[C@@H](C)/C=C/[C@@H]1OC(C)=O. The predicted molar refractivity (Wildman–Crippen MR) is 176 cm³/mol. The smallest absolute Gasteiger partial charge is 0.306 e. The molecule has 1 saturated heterocycles. The first-order valence-corrected chi connectivity index (χ1v) is 16.9. The molecular weight excluding hydrogens is 556 g/mol. The van der Waals surface area contributed by atoms with Gasteiger partial charge in [0, 0.05) is 25.9 Å². The lowest BCUT2D eigenvalue weighted by Gasteiger charge is -2.38. The molecule has 0 aromatic heterocycles. The Balaban J connectivity index is 2.27. The van der Waals surface area contributed by atoms with Gasteiger partial charge in [0.25, 0.3) is 0 Å². The molecule has 2 aliphatic heterocycles. The lowest BCUT2D eigenvalue weighted by Crippen LogP contribution is -2.46. The normalized spacial score (nSPS) is 33.5. The minimum atomic E-state index is -0.834. The van der Waals surface area contributed by atoms with E-state index in [2.05, 4.69) is 46.8 Å². The van der Waals surface area contributed by atoms with Gasteiger partial charge >= 0.3 is 11.9 Å². The minimum Gasteiger partial charge on any atom is -0.457 e. The van der Waals surface area contributed by atoms with E-state index < -0.39 is 24.1 Å². The van der Waals surface area contributed by atoms with Gasteiger partial charge < -0.3 is 23.7 Å². The summed E-state index contributed by atoms with van der Waals surface area (Å²) in [6.07, 6.45) is 13.0. The highest BCUT2D eigenvalue weighted by molar-refractivity contribution is 5.70. The molecule has 2 heterocycles. The Kier molecular flexibility index (Phi) is 14.9. The van der Waals surface area contributed by atoms with Crippen LogP contribution in [0.15, 0.2) is 36.0 Å². The number of epoxide rings is 1. The largest absolute Gasteiger partial charge is 0.457 e. The van der Waals surface area contributed by atoms with E-state index in [1.54, 1.807) is 0 Å². The van der Waals surface area contributed by atoms with Crippen molar-refractivity contribution in [1.29, 1.82) is 0 Å². The summed E-state index contributed by atoms with van der Waals surface area (Å²) in [4.78, 5) is 25.3. The summed E-state index contributed by atoms with van der Waals surface area (Å²) < 4.78 is 30.1. The maximum atomic E-state index is 13.1. The molecule has 2 aliphatic rings. The number of esters is 2. The first-order valence-electron chi connectivity index (χ1n) is 16.9. The zero-order valence-electron chi connectivity index (χ0n) is 29.7. The van der Waals surface area contributed by atoms with E-state index in [-0.39, 0.29) is 29.2 Å².